The monoisotopic (exact) mass is 560 g/mol. The maximum Gasteiger partial charge on any atom is 0.326 e. The van der Waals surface area contributed by atoms with E-state index in [4.69, 9.17) is 16.3 Å². The number of nitrogens with zero attached hydrogens (tertiary/aromatic N) is 2. The molecule has 1 heterocycles. The number of ketones is 1. The van der Waals surface area contributed by atoms with Crippen molar-refractivity contribution in [2.45, 2.75) is 77.2 Å². The fourth-order valence-corrected chi connectivity index (χ4v) is 4.27. The lowest BCUT2D eigenvalue weighted by Gasteiger charge is -2.35. The number of alkyl halides is 1. The van der Waals surface area contributed by atoms with E-state index >= 15 is 0 Å². The highest BCUT2D eigenvalue weighted by atomic mass is 35.5. The van der Waals surface area contributed by atoms with Gasteiger partial charge in [0, 0.05) is 13.7 Å². The van der Waals surface area contributed by atoms with Crippen LogP contribution in [0.1, 0.15) is 47.0 Å². The van der Waals surface area contributed by atoms with E-state index in [9.17, 15) is 38.7 Å². The van der Waals surface area contributed by atoms with Crippen LogP contribution in [0, 0.1) is 5.92 Å². The number of aldehydes is 1. The molecule has 0 aliphatic carbocycles. The maximum atomic E-state index is 13.5. The summed E-state index contributed by atoms with van der Waals surface area (Å²) in [5.74, 6) is -5.27. The van der Waals surface area contributed by atoms with Crippen molar-refractivity contribution in [3.8, 4) is 0 Å². The summed E-state index contributed by atoms with van der Waals surface area (Å²) < 4.78 is 4.81. The minimum absolute atomic E-state index is 0.197. The van der Waals surface area contributed by atoms with Crippen LogP contribution < -0.4 is 10.6 Å². The molecule has 0 aromatic rings. The molecule has 13 nitrogen and oxygen atoms in total. The highest BCUT2D eigenvalue weighted by Gasteiger charge is 2.42. The Bertz CT molecular complexity index is 913. The lowest BCUT2D eigenvalue weighted by atomic mass is 10.0. The molecule has 5 atom stereocenters. The summed E-state index contributed by atoms with van der Waals surface area (Å²) in [6, 6.07) is -4.42. The van der Waals surface area contributed by atoms with Crippen molar-refractivity contribution in [1.29, 1.82) is 0 Å². The summed E-state index contributed by atoms with van der Waals surface area (Å²) in [6.45, 7) is 5.72. The lowest BCUT2D eigenvalue weighted by Crippen LogP contribution is -2.58. The van der Waals surface area contributed by atoms with Crippen molar-refractivity contribution >= 4 is 53.3 Å². The molecule has 1 fully saturated rings. The van der Waals surface area contributed by atoms with Gasteiger partial charge in [-0.25, -0.2) is 4.79 Å². The number of Topliss-reactive ketones (excluding diaryl/α,β-unsaturated/α-hetero) is 1. The molecule has 0 aromatic carbocycles. The zero-order valence-electron chi connectivity index (χ0n) is 22.3. The van der Waals surface area contributed by atoms with Gasteiger partial charge in [-0.2, -0.15) is 0 Å². The third-order valence-corrected chi connectivity index (χ3v) is 6.46. The molecule has 14 heteroatoms. The first-order valence-corrected chi connectivity index (χ1v) is 12.8. The van der Waals surface area contributed by atoms with Gasteiger partial charge >= 0.3 is 5.97 Å². The lowest BCUT2D eigenvalue weighted by molar-refractivity contribution is -0.156. The molecular formula is C24H37ClN4O9. The zero-order chi connectivity index (χ0) is 29.2. The van der Waals surface area contributed by atoms with E-state index in [2.05, 4.69) is 10.6 Å². The largest absolute Gasteiger partial charge is 0.480 e. The highest BCUT2D eigenvalue weighted by molar-refractivity contribution is 6.28. The number of rotatable bonds is 15. The van der Waals surface area contributed by atoms with E-state index in [-0.39, 0.29) is 19.4 Å². The Morgan fingerprint density at radius 2 is 1.74 bits per heavy atom. The molecule has 0 aromatic heterocycles. The molecule has 0 radical (unpaired) electrons. The van der Waals surface area contributed by atoms with Gasteiger partial charge in [0.2, 0.25) is 23.6 Å². The molecule has 214 valence electrons. The number of hydrogen-bond acceptors (Lipinski definition) is 8. The number of carbonyl (C=O) groups is 7. The average molecular weight is 561 g/mol. The fraction of sp³-hybridized carbons (Fsp3) is 0.708. The Labute approximate surface area is 226 Å². The summed E-state index contributed by atoms with van der Waals surface area (Å²) in [4.78, 5) is 88.3. The van der Waals surface area contributed by atoms with Crippen LogP contribution in [-0.2, 0) is 38.3 Å². The molecule has 1 rings (SSSR count). The molecule has 0 spiro atoms. The van der Waals surface area contributed by atoms with Gasteiger partial charge in [0.15, 0.2) is 5.78 Å². The van der Waals surface area contributed by atoms with Crippen LogP contribution in [0.5, 0.6) is 0 Å². The van der Waals surface area contributed by atoms with E-state index in [1.54, 1.807) is 13.8 Å². The summed E-state index contributed by atoms with van der Waals surface area (Å²) in [7, 11) is 1.27. The van der Waals surface area contributed by atoms with E-state index in [0.717, 1.165) is 4.90 Å². The van der Waals surface area contributed by atoms with Crippen LogP contribution in [0.25, 0.3) is 0 Å². The molecule has 1 unspecified atom stereocenters. The molecule has 38 heavy (non-hydrogen) atoms. The van der Waals surface area contributed by atoms with Crippen LogP contribution in [0.4, 0.5) is 0 Å². The Morgan fingerprint density at radius 1 is 1.11 bits per heavy atom. The number of methoxy groups -OCH3 is 1. The summed E-state index contributed by atoms with van der Waals surface area (Å²) in [5, 5.41) is 14.6. The molecule has 4 amide bonds. The number of hydrogen-bond donors (Lipinski definition) is 3. The second-order valence-corrected chi connectivity index (χ2v) is 9.76. The molecule has 1 aliphatic rings. The Kier molecular flexibility index (Phi) is 13.3. The van der Waals surface area contributed by atoms with Crippen LogP contribution in [0.3, 0.4) is 0 Å². The first kappa shape index (κ1) is 33.0. The second-order valence-electron chi connectivity index (χ2n) is 9.49. The molecule has 0 bridgehead atoms. The van der Waals surface area contributed by atoms with E-state index in [0.29, 0.717) is 12.7 Å². The number of carboxylic acids is 1. The number of halogens is 1. The van der Waals surface area contributed by atoms with Crippen LogP contribution in [0.2, 0.25) is 0 Å². The Balaban J connectivity index is 2.96. The summed E-state index contributed by atoms with van der Waals surface area (Å²) >= 11 is 5.60. The van der Waals surface area contributed by atoms with Gasteiger partial charge in [-0.3, -0.25) is 24.0 Å². The maximum absolute atomic E-state index is 13.5. The predicted molar refractivity (Wildman–Crippen MR) is 135 cm³/mol. The SMILES string of the molecule is COC(C=O)CC(=O)N[C@@H](C)C(=O)N[C@@H](C)C(=O)N1CCC[C@H]1C(=O)N(CC(=O)CCl)[C@H](C(=O)O)C(C)C. The van der Waals surface area contributed by atoms with Crippen LogP contribution in [0.15, 0.2) is 0 Å². The number of carbonyl (C=O) groups excluding carboxylic acids is 6. The van der Waals surface area contributed by atoms with Gasteiger partial charge in [-0.1, -0.05) is 13.8 Å². The Morgan fingerprint density at radius 3 is 2.24 bits per heavy atom. The molecule has 0 saturated carbocycles. The number of likely N-dealkylation sites (tertiary alicyclic amines) is 1. The zero-order valence-corrected chi connectivity index (χ0v) is 23.0. The smallest absolute Gasteiger partial charge is 0.326 e. The summed E-state index contributed by atoms with van der Waals surface area (Å²) in [6.07, 6.45) is -0.0499. The first-order chi connectivity index (χ1) is 17.8. The van der Waals surface area contributed by atoms with Gasteiger partial charge in [-0.05, 0) is 32.6 Å². The van der Waals surface area contributed by atoms with E-state index < -0.39 is 84.0 Å². The summed E-state index contributed by atoms with van der Waals surface area (Å²) in [5.41, 5.74) is 0. The van der Waals surface area contributed by atoms with Crippen molar-refractivity contribution in [2.24, 2.45) is 5.92 Å². The third kappa shape index (κ3) is 9.05. The minimum Gasteiger partial charge on any atom is -0.480 e. The van der Waals surface area contributed by atoms with Gasteiger partial charge in [-0.15, -0.1) is 11.6 Å². The van der Waals surface area contributed by atoms with Crippen LogP contribution in [-0.4, -0.2) is 113 Å². The van der Waals surface area contributed by atoms with Crippen LogP contribution >= 0.6 is 11.6 Å². The topological polar surface area (TPSA) is 179 Å². The number of amides is 4. The van der Waals surface area contributed by atoms with Crippen molar-refractivity contribution in [3.05, 3.63) is 0 Å². The normalized spacial score (nSPS) is 18.2. The molecule has 1 aliphatic heterocycles. The van der Waals surface area contributed by atoms with Gasteiger partial charge in [0.05, 0.1) is 18.8 Å². The fourth-order valence-electron chi connectivity index (χ4n) is 4.19. The number of aliphatic carboxylic acids is 1. The van der Waals surface area contributed by atoms with Crippen molar-refractivity contribution in [2.75, 3.05) is 26.1 Å². The molecular weight excluding hydrogens is 524 g/mol. The number of nitrogens with one attached hydrogen (secondary N) is 2. The van der Waals surface area contributed by atoms with E-state index in [1.807, 2.05) is 0 Å². The third-order valence-electron chi connectivity index (χ3n) is 6.16. The number of carboxylic acid groups (broad SMARTS) is 1. The standard InChI is InChI=1S/C24H37ClN4O9/c1-13(2)20(24(36)37)29(11-16(31)10-25)23(35)18-7-6-8-28(18)22(34)15(4)27-21(33)14(3)26-19(32)9-17(12-30)38-5/h12-15,17-18,20H,6-11H2,1-5H3,(H,26,32)(H,27,33)(H,36,37)/t14-,15-,17?,18-,20-/m0/s1. The van der Waals surface area contributed by atoms with Crippen molar-refractivity contribution < 1.29 is 43.4 Å². The predicted octanol–water partition coefficient (Wildman–Crippen LogP) is -0.663. The number of ether oxygens (including phenoxy) is 1. The Hall–Kier alpha value is -3.06. The van der Waals surface area contributed by atoms with Crippen molar-refractivity contribution in [3.63, 3.8) is 0 Å². The second kappa shape index (κ2) is 15.4. The van der Waals surface area contributed by atoms with Gasteiger partial charge in [0.25, 0.3) is 0 Å². The quantitative estimate of drug-likeness (QED) is 0.173. The van der Waals surface area contributed by atoms with Crippen molar-refractivity contribution in [1.82, 2.24) is 20.4 Å². The highest BCUT2D eigenvalue weighted by Crippen LogP contribution is 2.23. The van der Waals surface area contributed by atoms with Gasteiger partial charge in [0.1, 0.15) is 36.6 Å². The average Bonchev–Trinajstić information content (AvgIpc) is 3.34. The molecule has 3 N–H and O–H groups in total. The minimum atomic E-state index is -1.30. The van der Waals surface area contributed by atoms with E-state index in [1.165, 1.54) is 25.9 Å². The first-order valence-electron chi connectivity index (χ1n) is 12.3. The molecule has 1 saturated heterocycles. The van der Waals surface area contributed by atoms with Gasteiger partial charge < -0.3 is 35.1 Å².